The normalized spacial score (nSPS) is 8.00. The number of hydrogen-bond acceptors (Lipinski definition) is 3. The average molecular weight is 164 g/mol. The van der Waals surface area contributed by atoms with E-state index >= 15 is 0 Å². The van der Waals surface area contributed by atoms with Crippen molar-refractivity contribution in [1.82, 2.24) is 0 Å². The summed E-state index contributed by atoms with van der Waals surface area (Å²) in [5, 5.41) is 0. The minimum absolute atomic E-state index is 0.271. The van der Waals surface area contributed by atoms with E-state index in [4.69, 9.17) is 0 Å². The van der Waals surface area contributed by atoms with Crippen LogP contribution in [0.25, 0.3) is 0 Å². The Bertz CT molecular complexity index is 121. The first-order valence-corrected chi connectivity index (χ1v) is 4.27. The number of rotatable bonds is 5. The molecule has 0 aromatic heterocycles. The third-order valence-electron chi connectivity index (χ3n) is 0.499. The Morgan fingerprint density at radius 2 is 2.22 bits per heavy atom. The van der Waals surface area contributed by atoms with Crippen LogP contribution >= 0.6 is 0 Å². The Balaban J connectivity index is 3.26. The fourth-order valence-electron chi connectivity index (χ4n) is 0.229. The van der Waals surface area contributed by atoms with Gasteiger partial charge in [-0.1, -0.05) is 0 Å². The average Bonchev–Trinajstić information content (AvgIpc) is 1.85. The summed E-state index contributed by atoms with van der Waals surface area (Å²) < 4.78 is 19.6. The molecule has 0 aromatic carbocycles. The second-order valence-corrected chi connectivity index (χ2v) is 2.73. The van der Waals surface area contributed by atoms with E-state index in [-0.39, 0.29) is 6.61 Å². The van der Waals surface area contributed by atoms with Gasteiger partial charge >= 0.3 is 60.7 Å². The van der Waals surface area contributed by atoms with Gasteiger partial charge in [-0.15, -0.1) is 0 Å². The molecule has 4 heteroatoms. The Labute approximate surface area is 61.1 Å². The first-order valence-electron chi connectivity index (χ1n) is 2.36. The summed E-state index contributed by atoms with van der Waals surface area (Å²) >= 11 is -2.90. The van der Waals surface area contributed by atoms with Crippen molar-refractivity contribution in [2.24, 2.45) is 0 Å². The monoisotopic (exact) mass is 164 g/mol. The molecule has 0 atom stereocenters. The van der Waals surface area contributed by atoms with Crippen LogP contribution in [-0.2, 0) is 28.6 Å². The van der Waals surface area contributed by atoms with Gasteiger partial charge in [0.2, 0.25) is 0 Å². The summed E-state index contributed by atoms with van der Waals surface area (Å²) in [6.45, 7) is 6.87. The third kappa shape index (κ3) is 5.63. The summed E-state index contributed by atoms with van der Waals surface area (Å²) in [7, 11) is 0. The van der Waals surface area contributed by atoms with Crippen LogP contribution in [0.2, 0.25) is 0 Å². The molecule has 0 aromatic rings. The van der Waals surface area contributed by atoms with Crippen LogP contribution < -0.4 is 0 Å². The molecule has 0 spiro atoms. The summed E-state index contributed by atoms with van der Waals surface area (Å²) in [6, 6.07) is 0. The predicted molar refractivity (Wildman–Crippen MR) is 28.1 cm³/mol. The summed E-state index contributed by atoms with van der Waals surface area (Å²) in [5.74, 6) is 0. The van der Waals surface area contributed by atoms with E-state index in [1.165, 1.54) is 6.08 Å². The molecule has 0 aliphatic carbocycles. The van der Waals surface area contributed by atoms with Crippen molar-refractivity contribution >= 4 is 0 Å². The van der Waals surface area contributed by atoms with E-state index in [1.54, 1.807) is 0 Å². The second kappa shape index (κ2) is 5.88. The van der Waals surface area contributed by atoms with Gasteiger partial charge in [0.05, 0.1) is 0 Å². The van der Waals surface area contributed by atoms with Gasteiger partial charge in [0, 0.05) is 0 Å². The fraction of sp³-hybridized carbons (Fsp3) is 0.200. The zero-order chi connectivity index (χ0) is 7.11. The van der Waals surface area contributed by atoms with Gasteiger partial charge in [0.15, 0.2) is 0 Å². The summed E-state index contributed by atoms with van der Waals surface area (Å²) in [4.78, 5) is 0. The Kier molecular flexibility index (Phi) is 5.72. The van der Waals surface area contributed by atoms with Crippen molar-refractivity contribution < 1.29 is 28.6 Å². The molecular formula is C5H8O3Ti. The van der Waals surface area contributed by atoms with Crippen molar-refractivity contribution in [2.45, 2.75) is 0 Å². The molecule has 0 bridgehead atoms. The molecule has 0 radical (unpaired) electrons. The minimum atomic E-state index is -2.90. The zero-order valence-electron chi connectivity index (χ0n) is 5.00. The van der Waals surface area contributed by atoms with Crippen LogP contribution in [0.4, 0.5) is 0 Å². The molecule has 0 N–H and O–H groups in total. The Morgan fingerprint density at radius 3 is 2.67 bits per heavy atom. The van der Waals surface area contributed by atoms with Crippen LogP contribution in [0.3, 0.4) is 0 Å². The van der Waals surface area contributed by atoms with Gasteiger partial charge in [-0.2, -0.15) is 0 Å². The van der Waals surface area contributed by atoms with E-state index in [0.717, 1.165) is 6.26 Å². The van der Waals surface area contributed by atoms with Crippen LogP contribution in [0.1, 0.15) is 0 Å². The van der Waals surface area contributed by atoms with Gasteiger partial charge in [-0.05, 0) is 0 Å². The molecule has 0 heterocycles. The molecule has 0 amide bonds. The van der Waals surface area contributed by atoms with Crippen molar-refractivity contribution in [2.75, 3.05) is 6.61 Å². The third-order valence-corrected chi connectivity index (χ3v) is 1.69. The molecule has 3 nitrogen and oxygen atoms in total. The molecule has 0 unspecified atom stereocenters. The Hall–Kier alpha value is -0.246. The van der Waals surface area contributed by atoms with E-state index < -0.39 is 18.6 Å². The van der Waals surface area contributed by atoms with Crippen molar-refractivity contribution in [3.8, 4) is 0 Å². The van der Waals surface area contributed by atoms with Crippen LogP contribution in [0, 0.1) is 0 Å². The standard InChI is InChI=1S/C3H5O.C2H4O.O.Ti/c1-2-3-4;1-2-3;;/h2H,1,3H2;2-3H,1H2;;/q-1;;;+2/p-1. The molecule has 9 heavy (non-hydrogen) atoms. The molecule has 0 fully saturated rings. The van der Waals surface area contributed by atoms with Crippen molar-refractivity contribution in [1.29, 1.82) is 0 Å². The molecule has 0 aliphatic heterocycles. The van der Waals surface area contributed by atoms with Gasteiger partial charge in [-0.25, -0.2) is 0 Å². The van der Waals surface area contributed by atoms with E-state index in [9.17, 15) is 3.32 Å². The van der Waals surface area contributed by atoms with Gasteiger partial charge in [-0.3, -0.25) is 0 Å². The topological polar surface area (TPSA) is 35.5 Å². The zero-order valence-corrected chi connectivity index (χ0v) is 6.56. The first kappa shape index (κ1) is 8.75. The molecule has 0 rings (SSSR count). The van der Waals surface area contributed by atoms with E-state index in [1.807, 2.05) is 0 Å². The molecule has 0 saturated heterocycles. The SMILES string of the molecule is C=CC[O][Ti](=[O])[O]C=C. The first-order chi connectivity index (χ1) is 4.31. The van der Waals surface area contributed by atoms with Gasteiger partial charge < -0.3 is 0 Å². The van der Waals surface area contributed by atoms with Crippen LogP contribution in [-0.4, -0.2) is 6.61 Å². The van der Waals surface area contributed by atoms with Crippen LogP contribution in [0.15, 0.2) is 25.5 Å². The fourth-order valence-corrected chi connectivity index (χ4v) is 0.944. The van der Waals surface area contributed by atoms with E-state index in [2.05, 4.69) is 19.8 Å². The summed E-state index contributed by atoms with van der Waals surface area (Å²) in [5.41, 5.74) is 0. The molecular weight excluding hydrogens is 156 g/mol. The second-order valence-electron chi connectivity index (χ2n) is 1.13. The summed E-state index contributed by atoms with van der Waals surface area (Å²) in [6.07, 6.45) is 2.63. The Morgan fingerprint density at radius 1 is 1.56 bits per heavy atom. The van der Waals surface area contributed by atoms with E-state index in [0.29, 0.717) is 0 Å². The molecule has 0 saturated carbocycles. The van der Waals surface area contributed by atoms with Crippen LogP contribution in [0.5, 0.6) is 0 Å². The quantitative estimate of drug-likeness (QED) is 0.347. The number of hydrogen-bond donors (Lipinski definition) is 0. The molecule has 50 valence electrons. The van der Waals surface area contributed by atoms with Crippen molar-refractivity contribution in [3.05, 3.63) is 25.5 Å². The van der Waals surface area contributed by atoms with Crippen molar-refractivity contribution in [3.63, 3.8) is 0 Å². The molecule has 0 aliphatic rings. The maximum absolute atomic E-state index is 10.5. The van der Waals surface area contributed by atoms with Gasteiger partial charge in [0.1, 0.15) is 0 Å². The predicted octanol–water partition coefficient (Wildman–Crippen LogP) is 1.14. The maximum atomic E-state index is 10.5. The van der Waals surface area contributed by atoms with Gasteiger partial charge in [0.25, 0.3) is 0 Å².